The van der Waals surface area contributed by atoms with Gasteiger partial charge in [-0.1, -0.05) is 73.3 Å². The molecule has 0 aromatic rings. The summed E-state index contributed by atoms with van der Waals surface area (Å²) >= 11 is 0. The summed E-state index contributed by atoms with van der Waals surface area (Å²) in [5.41, 5.74) is -0.475. The Morgan fingerprint density at radius 3 is 2.16 bits per heavy atom. The van der Waals surface area contributed by atoms with E-state index < -0.39 is 63.2 Å². The number of nitrogens with one attached hydrogen (secondary N) is 4. The second-order valence-electron chi connectivity index (χ2n) is 15.3. The minimum atomic E-state index is -3.38. The summed E-state index contributed by atoms with van der Waals surface area (Å²) in [6.45, 7) is 16.2. The zero-order chi connectivity index (χ0) is 36.5. The van der Waals surface area contributed by atoms with Crippen molar-refractivity contribution >= 4 is 39.6 Å². The molecule has 5 amide bonds. The second-order valence-corrected chi connectivity index (χ2v) is 17.4. The molecular formula is C35H60N6O7S. The third-order valence-electron chi connectivity index (χ3n) is 10.3. The normalized spacial score (nSPS) is 23.4. The number of hydrogen-bond acceptors (Lipinski definition) is 7. The molecule has 2 aliphatic heterocycles. The summed E-state index contributed by atoms with van der Waals surface area (Å²) in [6, 6.07) is -3.89. The van der Waals surface area contributed by atoms with E-state index >= 15 is 0 Å². The van der Waals surface area contributed by atoms with Crippen molar-refractivity contribution in [3.05, 3.63) is 12.7 Å². The molecule has 2 heterocycles. The van der Waals surface area contributed by atoms with Crippen molar-refractivity contribution in [1.29, 1.82) is 0 Å². The smallest absolute Gasteiger partial charge is 0.315 e. The van der Waals surface area contributed by atoms with Gasteiger partial charge in [-0.05, 0) is 55.3 Å². The Hall–Kier alpha value is -3.00. The molecule has 0 aromatic heterocycles. The van der Waals surface area contributed by atoms with E-state index in [4.69, 9.17) is 0 Å². The van der Waals surface area contributed by atoms with E-state index in [1.54, 1.807) is 4.90 Å². The number of likely N-dealkylation sites (tertiary alicyclic amines) is 1. The average Bonchev–Trinajstić information content (AvgIpc) is 3.64. The van der Waals surface area contributed by atoms with Gasteiger partial charge in [-0.15, -0.1) is 6.58 Å². The number of ketones is 1. The van der Waals surface area contributed by atoms with Crippen LogP contribution in [0.15, 0.2) is 12.7 Å². The number of urea groups is 1. The number of Topliss-reactive ketones (excluding diaryl/α,β-unsaturated/α-hetero) is 1. The molecule has 5 atom stereocenters. The van der Waals surface area contributed by atoms with Crippen molar-refractivity contribution in [2.24, 2.45) is 23.2 Å². The first-order valence-corrected chi connectivity index (χ1v) is 19.7. The Balaban J connectivity index is 1.86. The van der Waals surface area contributed by atoms with Crippen LogP contribution in [-0.2, 0) is 29.2 Å². The van der Waals surface area contributed by atoms with Crippen LogP contribution in [0.2, 0.25) is 0 Å². The lowest BCUT2D eigenvalue weighted by atomic mass is 9.82. The number of hydrogen-bond donors (Lipinski definition) is 4. The van der Waals surface area contributed by atoms with E-state index in [0.717, 1.165) is 32.1 Å². The molecule has 1 unspecified atom stereocenters. The average molecular weight is 709 g/mol. The quantitative estimate of drug-likeness (QED) is 0.150. The number of rotatable bonds is 15. The van der Waals surface area contributed by atoms with E-state index in [9.17, 15) is 32.4 Å². The van der Waals surface area contributed by atoms with Crippen LogP contribution in [0.1, 0.15) is 99.3 Å². The molecule has 0 radical (unpaired) electrons. The highest BCUT2D eigenvalue weighted by Crippen LogP contribution is 2.34. The lowest BCUT2D eigenvalue weighted by Gasteiger charge is -2.37. The molecule has 1 saturated carbocycles. The summed E-state index contributed by atoms with van der Waals surface area (Å²) in [4.78, 5) is 69.4. The predicted octanol–water partition coefficient (Wildman–Crippen LogP) is 2.71. The highest BCUT2D eigenvalue weighted by molar-refractivity contribution is 7.89. The lowest BCUT2D eigenvalue weighted by molar-refractivity contribution is -0.144. The highest BCUT2D eigenvalue weighted by atomic mass is 32.2. The molecule has 1 aliphatic carbocycles. The first-order chi connectivity index (χ1) is 23.0. The Morgan fingerprint density at radius 2 is 1.61 bits per heavy atom. The van der Waals surface area contributed by atoms with Gasteiger partial charge >= 0.3 is 6.03 Å². The van der Waals surface area contributed by atoms with E-state index in [1.807, 2.05) is 41.5 Å². The molecule has 278 valence electrons. The minimum Gasteiger partial charge on any atom is -0.346 e. The number of carbonyl (C=O) groups excluding carboxylic acids is 5. The second kappa shape index (κ2) is 17.8. The molecule has 3 fully saturated rings. The molecule has 0 bridgehead atoms. The van der Waals surface area contributed by atoms with Crippen molar-refractivity contribution in [2.45, 2.75) is 123 Å². The van der Waals surface area contributed by atoms with Crippen molar-refractivity contribution < 1.29 is 32.4 Å². The van der Waals surface area contributed by atoms with Gasteiger partial charge in [0.15, 0.2) is 0 Å². The maximum Gasteiger partial charge on any atom is 0.315 e. The molecule has 14 heteroatoms. The standard InChI is InChI=1S/C35H60N6O7S/c1-8-14-26(30(42)32(44)36-18-9-2)37-31(43)29-25(23(3)4)17-20-41(29)33(45)28(24-15-11-10-12-16-24)39-34(46)38-27(35(5,6)7)22-40-19-13-21-49(40,47)48/h9,23-29H,2,8,10-22H2,1,3-7H3,(H,36,44)(H,37,43)(H2,38,39,46)/t25-,26?,27-,28+,29+/m1/s1. The first-order valence-electron chi connectivity index (χ1n) is 18.1. The molecular weight excluding hydrogens is 648 g/mol. The fourth-order valence-electron chi connectivity index (χ4n) is 7.33. The Bertz CT molecular complexity index is 1310. The van der Waals surface area contributed by atoms with Crippen LogP contribution in [0.3, 0.4) is 0 Å². The third kappa shape index (κ3) is 10.7. The summed E-state index contributed by atoms with van der Waals surface area (Å²) in [6.07, 6.45) is 7.77. The Labute approximate surface area is 293 Å². The van der Waals surface area contributed by atoms with Gasteiger partial charge in [0.05, 0.1) is 11.8 Å². The fraction of sp³-hybridized carbons (Fsp3) is 0.800. The minimum absolute atomic E-state index is 0.0450. The molecule has 49 heavy (non-hydrogen) atoms. The van der Waals surface area contributed by atoms with Crippen LogP contribution in [0.5, 0.6) is 0 Å². The van der Waals surface area contributed by atoms with Crippen LogP contribution in [0.4, 0.5) is 4.79 Å². The van der Waals surface area contributed by atoms with Gasteiger partial charge in [0.1, 0.15) is 12.1 Å². The topological polar surface area (TPSA) is 174 Å². The van der Waals surface area contributed by atoms with Crippen molar-refractivity contribution in [3.8, 4) is 0 Å². The van der Waals surface area contributed by atoms with E-state index in [1.165, 1.54) is 10.4 Å². The van der Waals surface area contributed by atoms with Crippen LogP contribution >= 0.6 is 0 Å². The van der Waals surface area contributed by atoms with E-state index in [2.05, 4.69) is 27.8 Å². The monoisotopic (exact) mass is 708 g/mol. The number of amides is 5. The van der Waals surface area contributed by atoms with Gasteiger partial charge in [-0.3, -0.25) is 19.2 Å². The van der Waals surface area contributed by atoms with Gasteiger partial charge in [0.25, 0.3) is 5.91 Å². The van der Waals surface area contributed by atoms with E-state index in [0.29, 0.717) is 32.4 Å². The summed E-state index contributed by atoms with van der Waals surface area (Å²) in [5, 5.41) is 11.3. The lowest BCUT2D eigenvalue weighted by Crippen LogP contribution is -2.61. The molecule has 13 nitrogen and oxygen atoms in total. The first kappa shape index (κ1) is 40.4. The number of carbonyl (C=O) groups is 5. The van der Waals surface area contributed by atoms with Gasteiger partial charge in [0.2, 0.25) is 27.6 Å². The maximum atomic E-state index is 14.6. The van der Waals surface area contributed by atoms with Gasteiger partial charge in [0, 0.05) is 32.2 Å². The summed E-state index contributed by atoms with van der Waals surface area (Å²) < 4.78 is 26.6. The zero-order valence-electron chi connectivity index (χ0n) is 30.4. The summed E-state index contributed by atoms with van der Waals surface area (Å²) in [5.74, 6) is -2.57. The van der Waals surface area contributed by atoms with Crippen molar-refractivity contribution in [1.82, 2.24) is 30.5 Å². The number of nitrogens with zero attached hydrogens (tertiary/aromatic N) is 2. The fourth-order valence-corrected chi connectivity index (χ4v) is 8.86. The van der Waals surface area contributed by atoms with Crippen LogP contribution in [-0.4, -0.2) is 103 Å². The molecule has 3 aliphatic rings. The van der Waals surface area contributed by atoms with E-state index in [-0.39, 0.29) is 48.9 Å². The molecule has 2 saturated heterocycles. The molecule has 3 rings (SSSR count). The largest absolute Gasteiger partial charge is 0.346 e. The maximum absolute atomic E-state index is 14.6. The third-order valence-corrected chi connectivity index (χ3v) is 12.2. The number of sulfonamides is 1. The van der Waals surface area contributed by atoms with Crippen LogP contribution < -0.4 is 21.3 Å². The van der Waals surface area contributed by atoms with Gasteiger partial charge in [-0.25, -0.2) is 13.2 Å². The Kier molecular flexibility index (Phi) is 14.7. The highest BCUT2D eigenvalue weighted by Gasteiger charge is 2.47. The van der Waals surface area contributed by atoms with Crippen LogP contribution in [0.25, 0.3) is 0 Å². The van der Waals surface area contributed by atoms with Crippen molar-refractivity contribution in [2.75, 3.05) is 31.9 Å². The van der Waals surface area contributed by atoms with Crippen LogP contribution in [0, 0.1) is 23.2 Å². The van der Waals surface area contributed by atoms with Crippen molar-refractivity contribution in [3.63, 3.8) is 0 Å². The summed E-state index contributed by atoms with van der Waals surface area (Å²) in [7, 11) is -3.38. The Morgan fingerprint density at radius 1 is 0.939 bits per heavy atom. The SMILES string of the molecule is C=CCNC(=O)C(=O)C(CCC)NC(=O)[C@@H]1[C@@H](C(C)C)CCN1C(=O)[C@@H](NC(=O)N[C@H](CN1CCCS1(=O)=O)C(C)(C)C)C1CCCCC1. The predicted molar refractivity (Wildman–Crippen MR) is 189 cm³/mol. The zero-order valence-corrected chi connectivity index (χ0v) is 31.2. The molecule has 0 spiro atoms. The molecule has 4 N–H and O–H groups in total. The van der Waals surface area contributed by atoms with Gasteiger partial charge < -0.3 is 26.2 Å². The molecule has 0 aromatic carbocycles. The van der Waals surface area contributed by atoms with Gasteiger partial charge in [-0.2, -0.15) is 4.31 Å².